The normalized spacial score (nSPS) is 11.8. The summed E-state index contributed by atoms with van der Waals surface area (Å²) in [6.07, 6.45) is 3.80. The Balaban J connectivity index is 0.00000576. The summed E-state index contributed by atoms with van der Waals surface area (Å²) in [4.78, 5) is 10.9. The molecule has 144 valence electrons. The average molecular weight is 482 g/mol. The molecule has 0 aromatic carbocycles. The van der Waals surface area contributed by atoms with E-state index < -0.39 is 0 Å². The molecule has 0 aliphatic heterocycles. The van der Waals surface area contributed by atoms with Crippen molar-refractivity contribution in [2.24, 2.45) is 4.99 Å². The van der Waals surface area contributed by atoms with Crippen molar-refractivity contribution in [1.82, 2.24) is 20.5 Å². The maximum atomic E-state index is 5.79. The van der Waals surface area contributed by atoms with Gasteiger partial charge in [0.2, 0.25) is 0 Å². The van der Waals surface area contributed by atoms with Gasteiger partial charge in [-0.3, -0.25) is 9.89 Å². The zero-order chi connectivity index (χ0) is 17.9. The van der Waals surface area contributed by atoms with Gasteiger partial charge in [-0.2, -0.15) is 0 Å². The predicted molar refractivity (Wildman–Crippen MR) is 119 cm³/mol. The summed E-state index contributed by atoms with van der Waals surface area (Å²) in [5.41, 5.74) is 1.16. The van der Waals surface area contributed by atoms with Gasteiger partial charge in [-0.1, -0.05) is 17.7 Å². The van der Waals surface area contributed by atoms with Crippen molar-refractivity contribution in [3.8, 4) is 0 Å². The summed E-state index contributed by atoms with van der Waals surface area (Å²) in [5, 5.41) is 7.23. The van der Waals surface area contributed by atoms with Gasteiger partial charge < -0.3 is 10.6 Å². The summed E-state index contributed by atoms with van der Waals surface area (Å²) in [5.74, 6) is 0.845. The molecule has 0 atom stereocenters. The predicted octanol–water partition coefficient (Wildman–Crippen LogP) is 3.57. The van der Waals surface area contributed by atoms with Gasteiger partial charge in [0, 0.05) is 45.0 Å². The van der Waals surface area contributed by atoms with E-state index in [1.807, 2.05) is 18.3 Å². The van der Waals surface area contributed by atoms with Crippen LogP contribution in [0, 0.1) is 0 Å². The molecule has 0 unspecified atom stereocenters. The summed E-state index contributed by atoms with van der Waals surface area (Å²) in [7, 11) is 1.80. The first-order chi connectivity index (χ1) is 11.4. The molecule has 2 N–H and O–H groups in total. The van der Waals surface area contributed by atoms with Crippen molar-refractivity contribution in [1.29, 1.82) is 0 Å². The van der Waals surface area contributed by atoms with E-state index in [9.17, 15) is 0 Å². The van der Waals surface area contributed by atoms with Crippen LogP contribution in [0.15, 0.2) is 23.3 Å². The lowest BCUT2D eigenvalue weighted by molar-refractivity contribution is 0.173. The van der Waals surface area contributed by atoms with Gasteiger partial charge in [0.25, 0.3) is 0 Å². The third-order valence-corrected chi connectivity index (χ3v) is 4.15. The largest absolute Gasteiger partial charge is 0.356 e. The van der Waals surface area contributed by atoms with E-state index in [0.29, 0.717) is 17.2 Å². The molecule has 0 fully saturated rings. The first-order valence-electron chi connectivity index (χ1n) is 8.74. The van der Waals surface area contributed by atoms with E-state index in [0.717, 1.165) is 44.0 Å². The monoisotopic (exact) mass is 481 g/mol. The van der Waals surface area contributed by atoms with Crippen molar-refractivity contribution in [2.75, 3.05) is 26.7 Å². The number of aromatic nitrogens is 1. The van der Waals surface area contributed by atoms with E-state index in [1.165, 1.54) is 0 Å². The quantitative estimate of drug-likeness (QED) is 0.186. The molecule has 0 aliphatic carbocycles. The van der Waals surface area contributed by atoms with Gasteiger partial charge >= 0.3 is 0 Å². The number of nitrogens with zero attached hydrogens (tertiary/aromatic N) is 3. The first kappa shape index (κ1) is 24.4. The molecule has 0 aliphatic rings. The van der Waals surface area contributed by atoms with E-state index in [1.54, 1.807) is 7.05 Å². The minimum Gasteiger partial charge on any atom is -0.356 e. The fourth-order valence-corrected chi connectivity index (χ4v) is 2.79. The van der Waals surface area contributed by atoms with Crippen molar-refractivity contribution >= 4 is 41.5 Å². The summed E-state index contributed by atoms with van der Waals surface area (Å²) < 4.78 is 0. The lowest BCUT2D eigenvalue weighted by Crippen LogP contribution is -2.41. The van der Waals surface area contributed by atoms with Gasteiger partial charge in [-0.05, 0) is 52.2 Å². The smallest absolute Gasteiger partial charge is 0.190 e. The maximum Gasteiger partial charge on any atom is 0.190 e. The lowest BCUT2D eigenvalue weighted by Gasteiger charge is -2.30. The topological polar surface area (TPSA) is 52.6 Å². The van der Waals surface area contributed by atoms with E-state index in [-0.39, 0.29) is 24.0 Å². The number of guanidine groups is 1. The van der Waals surface area contributed by atoms with Crippen LogP contribution in [0.3, 0.4) is 0 Å². The second-order valence-corrected chi connectivity index (χ2v) is 6.83. The Hall–Kier alpha value is -0.600. The lowest BCUT2D eigenvalue weighted by atomic mass is 10.2. The van der Waals surface area contributed by atoms with Crippen LogP contribution in [-0.4, -0.2) is 54.6 Å². The van der Waals surface area contributed by atoms with Crippen LogP contribution in [0.4, 0.5) is 0 Å². The summed E-state index contributed by atoms with van der Waals surface area (Å²) >= 11 is 5.79. The highest BCUT2D eigenvalue weighted by Crippen LogP contribution is 2.06. The van der Waals surface area contributed by atoms with Gasteiger partial charge in [0.05, 0.1) is 0 Å². The molecule has 25 heavy (non-hydrogen) atoms. The van der Waals surface area contributed by atoms with Gasteiger partial charge in [-0.25, -0.2) is 4.98 Å². The van der Waals surface area contributed by atoms with Crippen molar-refractivity contribution in [3.63, 3.8) is 0 Å². The molecule has 0 radical (unpaired) electrons. The Kier molecular flexibility index (Phi) is 13.3. The Labute approximate surface area is 175 Å². The van der Waals surface area contributed by atoms with Crippen LogP contribution >= 0.6 is 35.6 Å². The number of aliphatic imine (C=N–C) groups is 1. The molecule has 0 bridgehead atoms. The molecule has 0 spiro atoms. The molecule has 5 nitrogen and oxygen atoms in total. The minimum atomic E-state index is 0. The van der Waals surface area contributed by atoms with Crippen LogP contribution in [0.25, 0.3) is 0 Å². The third-order valence-electron chi connectivity index (χ3n) is 3.93. The second-order valence-electron chi connectivity index (χ2n) is 6.44. The molecular formula is C18H33ClIN5. The Morgan fingerprint density at radius 1 is 1.16 bits per heavy atom. The Morgan fingerprint density at radius 3 is 2.32 bits per heavy atom. The summed E-state index contributed by atoms with van der Waals surface area (Å²) in [6.45, 7) is 11.8. The zero-order valence-corrected chi connectivity index (χ0v) is 19.1. The zero-order valence-electron chi connectivity index (χ0n) is 16.1. The fourth-order valence-electron chi connectivity index (χ4n) is 2.68. The third kappa shape index (κ3) is 10.2. The van der Waals surface area contributed by atoms with Crippen LogP contribution in [0.5, 0.6) is 0 Å². The minimum absolute atomic E-state index is 0. The molecule has 0 saturated carbocycles. The van der Waals surface area contributed by atoms with Gasteiger partial charge in [0.1, 0.15) is 5.15 Å². The van der Waals surface area contributed by atoms with E-state index in [2.05, 4.69) is 53.2 Å². The molecule has 1 rings (SSSR count). The first-order valence-corrected chi connectivity index (χ1v) is 9.12. The summed E-state index contributed by atoms with van der Waals surface area (Å²) in [6, 6.07) is 4.98. The number of pyridine rings is 1. The molecule has 1 heterocycles. The average Bonchev–Trinajstić information content (AvgIpc) is 2.54. The molecule has 7 heteroatoms. The van der Waals surface area contributed by atoms with Crippen molar-refractivity contribution < 1.29 is 0 Å². The Morgan fingerprint density at radius 2 is 1.80 bits per heavy atom. The molecule has 1 aromatic rings. The van der Waals surface area contributed by atoms with Crippen LogP contribution < -0.4 is 10.6 Å². The van der Waals surface area contributed by atoms with Crippen molar-refractivity contribution in [2.45, 2.75) is 52.6 Å². The highest BCUT2D eigenvalue weighted by Gasteiger charge is 2.12. The number of hydrogen-bond acceptors (Lipinski definition) is 3. The molecule has 0 amide bonds. The molecule has 0 saturated heterocycles. The molecule has 1 aromatic heterocycles. The van der Waals surface area contributed by atoms with Crippen LogP contribution in [0.2, 0.25) is 5.15 Å². The van der Waals surface area contributed by atoms with E-state index >= 15 is 0 Å². The van der Waals surface area contributed by atoms with Gasteiger partial charge in [-0.15, -0.1) is 24.0 Å². The number of halogens is 2. The van der Waals surface area contributed by atoms with Crippen LogP contribution in [-0.2, 0) is 6.42 Å². The number of rotatable bonds is 9. The van der Waals surface area contributed by atoms with Gasteiger partial charge in [0.15, 0.2) is 5.96 Å². The maximum absolute atomic E-state index is 5.79. The highest BCUT2D eigenvalue weighted by molar-refractivity contribution is 14.0. The van der Waals surface area contributed by atoms with Crippen molar-refractivity contribution in [3.05, 3.63) is 29.0 Å². The SMILES string of the molecule is CN=C(NCCCN(C(C)C)C(C)C)NCCc1ccc(Cl)nc1.I. The second kappa shape index (κ2) is 13.6. The molecular weight excluding hydrogens is 449 g/mol. The standard InChI is InChI=1S/C18H32ClN5.HI/c1-14(2)24(15(3)4)12-6-10-21-18(20-5)22-11-9-16-7-8-17(19)23-13-16;/h7-8,13-15H,6,9-12H2,1-5H3,(H2,20,21,22);1H. The fraction of sp³-hybridized carbons (Fsp3) is 0.667. The highest BCUT2D eigenvalue weighted by atomic mass is 127. The van der Waals surface area contributed by atoms with Crippen LogP contribution in [0.1, 0.15) is 39.7 Å². The number of nitrogens with one attached hydrogen (secondary N) is 2. The number of hydrogen-bond donors (Lipinski definition) is 2. The Bertz CT molecular complexity index is 483. The van der Waals surface area contributed by atoms with E-state index in [4.69, 9.17) is 11.6 Å².